The molecule has 1 aromatic carbocycles. The molecule has 0 fully saturated rings. The molecule has 0 saturated heterocycles. The SMILES string of the molecule is COc1ccc(-c2ccc3cnc(Nc4ccc(-c5cnns5)cc4)nn23)cn1. The summed E-state index contributed by atoms with van der Waals surface area (Å²) in [6.45, 7) is 0. The van der Waals surface area contributed by atoms with Crippen LogP contribution in [-0.4, -0.2) is 36.3 Å². The molecule has 0 spiro atoms. The van der Waals surface area contributed by atoms with Crippen molar-refractivity contribution >= 4 is 28.7 Å². The Bertz CT molecular complexity index is 1250. The number of hydrogen-bond acceptors (Lipinski definition) is 8. The average Bonchev–Trinajstić information content (AvgIpc) is 3.44. The Balaban J connectivity index is 1.43. The molecule has 5 rings (SSSR count). The van der Waals surface area contributed by atoms with Crippen LogP contribution >= 0.6 is 11.5 Å². The number of ether oxygens (including phenoxy) is 1. The first-order chi connectivity index (χ1) is 14.3. The molecule has 29 heavy (non-hydrogen) atoms. The molecule has 0 atom stereocenters. The third-order valence-electron chi connectivity index (χ3n) is 4.43. The lowest BCUT2D eigenvalue weighted by molar-refractivity contribution is 0.398. The van der Waals surface area contributed by atoms with Crippen LogP contribution in [0.15, 0.2) is 67.1 Å². The molecule has 0 aliphatic carbocycles. The van der Waals surface area contributed by atoms with Crippen molar-refractivity contribution in [2.45, 2.75) is 0 Å². The van der Waals surface area contributed by atoms with Crippen LogP contribution in [0.1, 0.15) is 0 Å². The summed E-state index contributed by atoms with van der Waals surface area (Å²) in [6, 6.07) is 15.7. The van der Waals surface area contributed by atoms with E-state index in [-0.39, 0.29) is 0 Å². The van der Waals surface area contributed by atoms with Crippen LogP contribution in [0.4, 0.5) is 11.6 Å². The minimum absolute atomic E-state index is 0.503. The Hall–Kier alpha value is -3.85. The zero-order chi connectivity index (χ0) is 19.6. The minimum atomic E-state index is 0.503. The molecular formula is C20H15N7OS. The van der Waals surface area contributed by atoms with E-state index in [1.165, 1.54) is 11.5 Å². The standard InChI is InChI=1S/C20H15N7OS/c1-28-19-9-4-14(10-21-19)17-8-7-16-11-22-20(25-27(16)17)24-15-5-2-13(3-6-15)18-12-23-26-29-18/h2-12H,1H3,(H,24,25). The monoisotopic (exact) mass is 401 g/mol. The highest BCUT2D eigenvalue weighted by molar-refractivity contribution is 7.09. The number of anilines is 2. The van der Waals surface area contributed by atoms with Crippen molar-refractivity contribution in [1.82, 2.24) is 29.2 Å². The molecule has 9 heteroatoms. The molecule has 0 aliphatic rings. The quantitative estimate of drug-likeness (QED) is 0.475. The summed E-state index contributed by atoms with van der Waals surface area (Å²) in [5.41, 5.74) is 4.73. The van der Waals surface area contributed by atoms with E-state index in [0.29, 0.717) is 11.8 Å². The summed E-state index contributed by atoms with van der Waals surface area (Å²) >= 11 is 1.37. The maximum Gasteiger partial charge on any atom is 0.245 e. The van der Waals surface area contributed by atoms with Gasteiger partial charge in [-0.05, 0) is 47.4 Å². The van der Waals surface area contributed by atoms with Gasteiger partial charge in [-0.15, -0.1) is 10.2 Å². The van der Waals surface area contributed by atoms with Gasteiger partial charge in [0, 0.05) is 23.5 Å². The molecule has 0 amide bonds. The number of nitrogens with zero attached hydrogens (tertiary/aromatic N) is 6. The van der Waals surface area contributed by atoms with Crippen molar-refractivity contribution in [2.75, 3.05) is 12.4 Å². The third kappa shape index (κ3) is 3.39. The Labute approximate surface area is 170 Å². The van der Waals surface area contributed by atoms with Crippen molar-refractivity contribution < 1.29 is 4.74 Å². The Kier molecular flexibility index (Phi) is 4.34. The number of benzene rings is 1. The van der Waals surface area contributed by atoms with Crippen molar-refractivity contribution in [2.24, 2.45) is 0 Å². The van der Waals surface area contributed by atoms with Gasteiger partial charge in [0.2, 0.25) is 11.8 Å². The van der Waals surface area contributed by atoms with Gasteiger partial charge in [0.25, 0.3) is 0 Å². The predicted octanol–water partition coefficient (Wildman–Crippen LogP) is 4.06. The van der Waals surface area contributed by atoms with E-state index in [2.05, 4.69) is 30.0 Å². The molecule has 8 nitrogen and oxygen atoms in total. The smallest absolute Gasteiger partial charge is 0.245 e. The molecule has 142 valence electrons. The summed E-state index contributed by atoms with van der Waals surface area (Å²) in [4.78, 5) is 9.72. The highest BCUT2D eigenvalue weighted by atomic mass is 32.1. The second-order valence-electron chi connectivity index (χ2n) is 6.21. The number of hydrogen-bond donors (Lipinski definition) is 1. The molecule has 0 aliphatic heterocycles. The van der Waals surface area contributed by atoms with E-state index >= 15 is 0 Å². The van der Waals surface area contributed by atoms with Gasteiger partial charge in [-0.2, -0.15) is 0 Å². The predicted molar refractivity (Wildman–Crippen MR) is 111 cm³/mol. The van der Waals surface area contributed by atoms with Crippen LogP contribution in [0.25, 0.3) is 27.2 Å². The van der Waals surface area contributed by atoms with Gasteiger partial charge in [0.1, 0.15) is 0 Å². The summed E-state index contributed by atoms with van der Waals surface area (Å²) in [5.74, 6) is 1.08. The van der Waals surface area contributed by atoms with E-state index in [0.717, 1.165) is 32.9 Å². The van der Waals surface area contributed by atoms with Gasteiger partial charge in [-0.1, -0.05) is 16.6 Å². The summed E-state index contributed by atoms with van der Waals surface area (Å²) in [5, 5.41) is 11.8. The Morgan fingerprint density at radius 2 is 1.76 bits per heavy atom. The van der Waals surface area contributed by atoms with E-state index in [1.54, 1.807) is 25.7 Å². The minimum Gasteiger partial charge on any atom is -0.481 e. The van der Waals surface area contributed by atoms with Gasteiger partial charge in [-0.25, -0.2) is 14.5 Å². The summed E-state index contributed by atoms with van der Waals surface area (Å²) in [6.07, 6.45) is 5.31. The lowest BCUT2D eigenvalue weighted by atomic mass is 10.2. The lowest BCUT2D eigenvalue weighted by Crippen LogP contribution is -2.02. The largest absolute Gasteiger partial charge is 0.481 e. The average molecular weight is 401 g/mol. The van der Waals surface area contributed by atoms with E-state index in [1.807, 2.05) is 53.0 Å². The topological polar surface area (TPSA) is 90.1 Å². The van der Waals surface area contributed by atoms with Crippen LogP contribution in [-0.2, 0) is 0 Å². The van der Waals surface area contributed by atoms with Crippen LogP contribution in [0, 0.1) is 0 Å². The third-order valence-corrected chi connectivity index (χ3v) is 5.14. The van der Waals surface area contributed by atoms with Crippen LogP contribution < -0.4 is 10.1 Å². The summed E-state index contributed by atoms with van der Waals surface area (Å²) in [7, 11) is 1.60. The number of fused-ring (bicyclic) bond motifs is 1. The first-order valence-electron chi connectivity index (χ1n) is 8.80. The van der Waals surface area contributed by atoms with Crippen molar-refractivity contribution in [3.8, 4) is 27.6 Å². The number of methoxy groups -OCH3 is 1. The van der Waals surface area contributed by atoms with Gasteiger partial charge >= 0.3 is 0 Å². The van der Waals surface area contributed by atoms with Gasteiger partial charge in [0.15, 0.2) is 0 Å². The Morgan fingerprint density at radius 3 is 2.48 bits per heavy atom. The fourth-order valence-electron chi connectivity index (χ4n) is 2.97. The molecule has 1 N–H and O–H groups in total. The molecule has 0 unspecified atom stereocenters. The highest BCUT2D eigenvalue weighted by Gasteiger charge is 2.09. The van der Waals surface area contributed by atoms with E-state index in [9.17, 15) is 0 Å². The second kappa shape index (κ2) is 7.28. The summed E-state index contributed by atoms with van der Waals surface area (Å²) < 4.78 is 10.9. The van der Waals surface area contributed by atoms with Crippen LogP contribution in [0.2, 0.25) is 0 Å². The normalized spacial score (nSPS) is 10.9. The van der Waals surface area contributed by atoms with Crippen LogP contribution in [0.5, 0.6) is 5.88 Å². The van der Waals surface area contributed by atoms with Gasteiger partial charge < -0.3 is 10.1 Å². The fourth-order valence-corrected chi connectivity index (χ4v) is 3.49. The van der Waals surface area contributed by atoms with E-state index < -0.39 is 0 Å². The molecule has 0 saturated carbocycles. The Morgan fingerprint density at radius 1 is 0.897 bits per heavy atom. The molecule has 4 aromatic heterocycles. The highest BCUT2D eigenvalue weighted by Crippen LogP contribution is 2.25. The first kappa shape index (κ1) is 17.3. The lowest BCUT2D eigenvalue weighted by Gasteiger charge is -2.08. The molecule has 4 heterocycles. The van der Waals surface area contributed by atoms with Crippen molar-refractivity contribution in [1.29, 1.82) is 0 Å². The first-order valence-corrected chi connectivity index (χ1v) is 9.57. The maximum absolute atomic E-state index is 5.13. The van der Waals surface area contributed by atoms with Crippen molar-refractivity contribution in [3.05, 3.63) is 67.1 Å². The number of nitrogens with one attached hydrogen (secondary N) is 1. The molecule has 0 radical (unpaired) electrons. The van der Waals surface area contributed by atoms with Gasteiger partial charge in [-0.3, -0.25) is 0 Å². The van der Waals surface area contributed by atoms with Gasteiger partial charge in [0.05, 0.1) is 35.6 Å². The number of pyridine rings is 1. The van der Waals surface area contributed by atoms with Crippen molar-refractivity contribution in [3.63, 3.8) is 0 Å². The maximum atomic E-state index is 5.13. The number of rotatable bonds is 5. The number of aromatic nitrogens is 6. The van der Waals surface area contributed by atoms with E-state index in [4.69, 9.17) is 4.74 Å². The van der Waals surface area contributed by atoms with Crippen LogP contribution in [0.3, 0.4) is 0 Å². The molecular weight excluding hydrogens is 386 g/mol. The second-order valence-corrected chi connectivity index (χ2v) is 7.00. The zero-order valence-electron chi connectivity index (χ0n) is 15.4. The zero-order valence-corrected chi connectivity index (χ0v) is 16.2. The molecule has 0 bridgehead atoms. The molecule has 5 aromatic rings. The fraction of sp³-hybridized carbons (Fsp3) is 0.0500.